The van der Waals surface area contributed by atoms with Crippen molar-refractivity contribution >= 4 is 5.97 Å². The smallest absolute Gasteiger partial charge is 0.358 e. The molecule has 0 bridgehead atoms. The number of methoxy groups -OCH3 is 1. The molecule has 23 heavy (non-hydrogen) atoms. The van der Waals surface area contributed by atoms with Gasteiger partial charge in [0.25, 0.3) is 0 Å². The Bertz CT molecular complexity index is 759. The maximum atomic E-state index is 11.9. The van der Waals surface area contributed by atoms with Gasteiger partial charge in [-0.15, -0.1) is 0 Å². The molecule has 0 aliphatic rings. The average molecular weight is 314 g/mol. The van der Waals surface area contributed by atoms with Gasteiger partial charge in [-0.2, -0.15) is 10.4 Å². The quantitative estimate of drug-likeness (QED) is 0.787. The first-order chi connectivity index (χ1) is 11.0. The van der Waals surface area contributed by atoms with Gasteiger partial charge < -0.3 is 9.47 Å². The number of aromatic nitrogens is 3. The van der Waals surface area contributed by atoms with Crippen LogP contribution in [0.5, 0.6) is 5.75 Å². The second kappa shape index (κ2) is 6.92. The van der Waals surface area contributed by atoms with Gasteiger partial charge in [-0.1, -0.05) is 13.8 Å². The van der Waals surface area contributed by atoms with Crippen LogP contribution >= 0.6 is 0 Å². The van der Waals surface area contributed by atoms with Crippen LogP contribution in [0.15, 0.2) is 18.3 Å². The molecule has 0 aromatic carbocycles. The summed E-state index contributed by atoms with van der Waals surface area (Å²) in [7, 11) is 1.51. The first-order valence-corrected chi connectivity index (χ1v) is 7.23. The fourth-order valence-corrected chi connectivity index (χ4v) is 2.12. The molecule has 2 heterocycles. The highest BCUT2D eigenvalue weighted by atomic mass is 16.5. The van der Waals surface area contributed by atoms with Crippen molar-refractivity contribution in [2.75, 3.05) is 13.7 Å². The minimum atomic E-state index is -0.485. The molecule has 0 saturated heterocycles. The van der Waals surface area contributed by atoms with E-state index in [2.05, 4.69) is 10.1 Å². The molecule has 7 nitrogen and oxygen atoms in total. The first kappa shape index (κ1) is 16.5. The SMILES string of the molecule is CCOC(=O)c1cc(C(C)C)n(-c2cc(C#N)ncc2OC)n1. The largest absolute Gasteiger partial charge is 0.493 e. The molecular formula is C16H18N4O3. The van der Waals surface area contributed by atoms with Crippen molar-refractivity contribution in [3.8, 4) is 17.5 Å². The van der Waals surface area contributed by atoms with E-state index in [0.29, 0.717) is 11.4 Å². The van der Waals surface area contributed by atoms with E-state index in [4.69, 9.17) is 14.7 Å². The third kappa shape index (κ3) is 3.31. The Labute approximate surface area is 134 Å². The van der Waals surface area contributed by atoms with E-state index in [1.54, 1.807) is 23.7 Å². The molecule has 0 aliphatic heterocycles. The normalized spacial score (nSPS) is 10.4. The Balaban J connectivity index is 2.62. The lowest BCUT2D eigenvalue weighted by Crippen LogP contribution is -2.09. The molecular weight excluding hydrogens is 296 g/mol. The van der Waals surface area contributed by atoms with Gasteiger partial charge in [-0.05, 0) is 18.9 Å². The topological polar surface area (TPSA) is 90.0 Å². The summed E-state index contributed by atoms with van der Waals surface area (Å²) in [6.45, 7) is 5.99. The van der Waals surface area contributed by atoms with Gasteiger partial charge >= 0.3 is 5.97 Å². The summed E-state index contributed by atoms with van der Waals surface area (Å²) in [5.74, 6) is 0.0835. The van der Waals surface area contributed by atoms with Crippen LogP contribution in [0.3, 0.4) is 0 Å². The monoisotopic (exact) mass is 314 g/mol. The van der Waals surface area contributed by atoms with E-state index >= 15 is 0 Å². The number of pyridine rings is 1. The first-order valence-electron chi connectivity index (χ1n) is 7.23. The van der Waals surface area contributed by atoms with Crippen molar-refractivity contribution < 1.29 is 14.3 Å². The molecule has 0 spiro atoms. The van der Waals surface area contributed by atoms with Crippen molar-refractivity contribution in [1.29, 1.82) is 5.26 Å². The number of carbonyl (C=O) groups is 1. The van der Waals surface area contributed by atoms with Crippen molar-refractivity contribution in [2.45, 2.75) is 26.7 Å². The zero-order valence-corrected chi connectivity index (χ0v) is 13.5. The third-order valence-electron chi connectivity index (χ3n) is 3.22. The summed E-state index contributed by atoms with van der Waals surface area (Å²) < 4.78 is 11.9. The molecule has 0 saturated carbocycles. The number of hydrogen-bond donors (Lipinski definition) is 0. The number of ether oxygens (including phenoxy) is 2. The Kier molecular flexibility index (Phi) is 4.96. The molecule has 2 aromatic rings. The molecule has 2 rings (SSSR count). The van der Waals surface area contributed by atoms with Crippen molar-refractivity contribution in [1.82, 2.24) is 14.8 Å². The zero-order valence-electron chi connectivity index (χ0n) is 13.5. The number of carbonyl (C=O) groups excluding carboxylic acids is 1. The lowest BCUT2D eigenvalue weighted by atomic mass is 10.1. The van der Waals surface area contributed by atoms with E-state index < -0.39 is 5.97 Å². The minimum absolute atomic E-state index is 0.106. The molecule has 0 fully saturated rings. The number of rotatable bonds is 5. The third-order valence-corrected chi connectivity index (χ3v) is 3.22. The number of hydrogen-bond acceptors (Lipinski definition) is 6. The lowest BCUT2D eigenvalue weighted by molar-refractivity contribution is 0.0519. The second-order valence-electron chi connectivity index (χ2n) is 5.09. The molecule has 0 aliphatic carbocycles. The van der Waals surface area contributed by atoms with Crippen LogP contribution in [0.4, 0.5) is 0 Å². The van der Waals surface area contributed by atoms with Crippen LogP contribution < -0.4 is 4.74 Å². The van der Waals surface area contributed by atoms with Crippen LogP contribution in [0, 0.1) is 11.3 Å². The minimum Gasteiger partial charge on any atom is -0.493 e. The predicted molar refractivity (Wildman–Crippen MR) is 82.7 cm³/mol. The molecule has 120 valence electrons. The van der Waals surface area contributed by atoms with Crippen molar-refractivity contribution in [3.05, 3.63) is 35.4 Å². The van der Waals surface area contributed by atoms with Crippen LogP contribution in [-0.4, -0.2) is 34.5 Å². The van der Waals surface area contributed by atoms with E-state index in [-0.39, 0.29) is 23.9 Å². The number of nitriles is 1. The summed E-state index contributed by atoms with van der Waals surface area (Å²) in [6.07, 6.45) is 1.46. The molecule has 7 heteroatoms. The highest BCUT2D eigenvalue weighted by Gasteiger charge is 2.20. The maximum absolute atomic E-state index is 11.9. The Morgan fingerprint density at radius 3 is 2.74 bits per heavy atom. The van der Waals surface area contributed by atoms with Gasteiger partial charge in [0.1, 0.15) is 17.5 Å². The Morgan fingerprint density at radius 2 is 2.17 bits per heavy atom. The molecule has 2 aromatic heterocycles. The molecule has 0 amide bonds. The van der Waals surface area contributed by atoms with Crippen LogP contribution in [0.2, 0.25) is 0 Å². The molecule has 0 N–H and O–H groups in total. The highest BCUT2D eigenvalue weighted by molar-refractivity contribution is 5.87. The van der Waals surface area contributed by atoms with Crippen LogP contribution in [-0.2, 0) is 4.74 Å². The van der Waals surface area contributed by atoms with E-state index in [1.807, 2.05) is 19.9 Å². The van der Waals surface area contributed by atoms with Crippen molar-refractivity contribution in [2.24, 2.45) is 0 Å². The lowest BCUT2D eigenvalue weighted by Gasteiger charge is -2.13. The molecule has 0 unspecified atom stereocenters. The molecule has 0 atom stereocenters. The van der Waals surface area contributed by atoms with Gasteiger partial charge in [0.15, 0.2) is 11.4 Å². The van der Waals surface area contributed by atoms with E-state index in [1.165, 1.54) is 13.3 Å². The predicted octanol–water partition coefficient (Wildman–Crippen LogP) is 2.45. The van der Waals surface area contributed by atoms with E-state index in [0.717, 1.165) is 5.69 Å². The Morgan fingerprint density at radius 1 is 1.43 bits per heavy atom. The summed E-state index contributed by atoms with van der Waals surface area (Å²) in [5, 5.41) is 13.4. The fourth-order valence-electron chi connectivity index (χ4n) is 2.12. The number of esters is 1. The van der Waals surface area contributed by atoms with Gasteiger partial charge in [-0.3, -0.25) is 0 Å². The van der Waals surface area contributed by atoms with Gasteiger partial charge in [0, 0.05) is 11.8 Å². The second-order valence-corrected chi connectivity index (χ2v) is 5.09. The fraction of sp³-hybridized carbons (Fsp3) is 0.375. The maximum Gasteiger partial charge on any atom is 0.358 e. The van der Waals surface area contributed by atoms with Crippen LogP contribution in [0.25, 0.3) is 5.69 Å². The van der Waals surface area contributed by atoms with E-state index in [9.17, 15) is 4.79 Å². The van der Waals surface area contributed by atoms with Gasteiger partial charge in [0.05, 0.1) is 19.9 Å². The van der Waals surface area contributed by atoms with Gasteiger partial charge in [-0.25, -0.2) is 14.5 Å². The van der Waals surface area contributed by atoms with Crippen LogP contribution in [0.1, 0.15) is 48.6 Å². The van der Waals surface area contributed by atoms with Crippen molar-refractivity contribution in [3.63, 3.8) is 0 Å². The summed E-state index contributed by atoms with van der Waals surface area (Å²) in [4.78, 5) is 15.9. The number of nitrogens with zero attached hydrogens (tertiary/aromatic N) is 4. The summed E-state index contributed by atoms with van der Waals surface area (Å²) >= 11 is 0. The summed E-state index contributed by atoms with van der Waals surface area (Å²) in [6, 6.07) is 5.25. The van der Waals surface area contributed by atoms with Gasteiger partial charge in [0.2, 0.25) is 0 Å². The molecule has 0 radical (unpaired) electrons. The average Bonchev–Trinajstić information content (AvgIpc) is 3.00. The Hall–Kier alpha value is -2.88. The summed E-state index contributed by atoms with van der Waals surface area (Å²) in [5.41, 5.74) is 1.82. The zero-order chi connectivity index (χ0) is 17.0. The highest BCUT2D eigenvalue weighted by Crippen LogP contribution is 2.27. The standard InChI is InChI=1S/C16H18N4O3/c1-5-23-16(21)12-7-13(10(2)3)20(19-12)14-6-11(8-17)18-9-15(14)22-4/h6-7,9-10H,5H2,1-4H3.